The molecule has 1 aliphatic heterocycles. The number of imidazole rings is 1. The smallest absolute Gasteiger partial charge is 0.347 e. The highest BCUT2D eigenvalue weighted by Gasteiger charge is 2.31. The van der Waals surface area contributed by atoms with Crippen molar-refractivity contribution in [1.29, 1.82) is 0 Å². The molecule has 20 heavy (non-hydrogen) atoms. The van der Waals surface area contributed by atoms with Gasteiger partial charge in [-0.2, -0.15) is 0 Å². The van der Waals surface area contributed by atoms with Gasteiger partial charge in [-0.1, -0.05) is 27.7 Å². The Bertz CT molecular complexity index is 725. The Morgan fingerprint density at radius 3 is 3.15 bits per heavy atom. The molecule has 1 aromatic carbocycles. The molecular weight excluding hydrogens is 344 g/mol. The number of methoxy groups -OCH3 is 1. The van der Waals surface area contributed by atoms with Crippen molar-refractivity contribution < 1.29 is 14.6 Å². The molecule has 7 heteroatoms. The van der Waals surface area contributed by atoms with Crippen molar-refractivity contribution in [3.05, 3.63) is 39.7 Å². The lowest BCUT2D eigenvalue weighted by Gasteiger charge is -2.12. The molecular formula is C13H11BrN2O3S. The number of thioether (sulfide) groups is 1. The van der Waals surface area contributed by atoms with Gasteiger partial charge in [0, 0.05) is 10.9 Å². The van der Waals surface area contributed by atoms with Gasteiger partial charge in [-0.3, -0.25) is 0 Å². The second-order valence-corrected chi connectivity index (χ2v) is 6.43. The number of aliphatic hydroxyl groups is 1. The molecule has 2 heterocycles. The number of allylic oxidation sites excluding steroid dienone is 1. The van der Waals surface area contributed by atoms with E-state index in [-0.39, 0.29) is 16.0 Å². The monoisotopic (exact) mass is 354 g/mol. The van der Waals surface area contributed by atoms with E-state index < -0.39 is 5.97 Å². The van der Waals surface area contributed by atoms with Gasteiger partial charge in [0.15, 0.2) is 0 Å². The van der Waals surface area contributed by atoms with Crippen LogP contribution in [0.5, 0.6) is 0 Å². The van der Waals surface area contributed by atoms with Gasteiger partial charge in [0.1, 0.15) is 10.7 Å². The normalized spacial score (nSPS) is 18.8. The third kappa shape index (κ3) is 2.20. The Labute approximate surface area is 127 Å². The maximum absolute atomic E-state index is 11.6. The largest absolute Gasteiger partial charge is 0.511 e. The quantitative estimate of drug-likeness (QED) is 0.837. The summed E-state index contributed by atoms with van der Waals surface area (Å²) in [5.41, 5.74) is 1.83. The third-order valence-corrected chi connectivity index (χ3v) is 4.90. The van der Waals surface area contributed by atoms with E-state index in [1.54, 1.807) is 6.33 Å². The number of benzene rings is 1. The van der Waals surface area contributed by atoms with Crippen LogP contribution in [0.25, 0.3) is 11.0 Å². The van der Waals surface area contributed by atoms with E-state index in [1.165, 1.54) is 18.9 Å². The van der Waals surface area contributed by atoms with Gasteiger partial charge in [0.05, 0.1) is 29.8 Å². The van der Waals surface area contributed by atoms with Crippen molar-refractivity contribution in [2.75, 3.05) is 7.11 Å². The van der Waals surface area contributed by atoms with Crippen LogP contribution in [-0.2, 0) is 9.53 Å². The molecule has 0 aliphatic carbocycles. The average Bonchev–Trinajstić information content (AvgIpc) is 3.01. The summed E-state index contributed by atoms with van der Waals surface area (Å²) in [5.74, 6) is -0.427. The molecule has 1 unspecified atom stereocenters. The van der Waals surface area contributed by atoms with Crippen LogP contribution in [0.2, 0.25) is 0 Å². The van der Waals surface area contributed by atoms with Crippen molar-refractivity contribution in [2.24, 2.45) is 0 Å². The average molecular weight is 355 g/mol. The summed E-state index contributed by atoms with van der Waals surface area (Å²) in [6.07, 6.45) is 2.11. The number of esters is 1. The first-order chi connectivity index (χ1) is 9.60. The summed E-state index contributed by atoms with van der Waals surface area (Å²) in [5, 5.41) is 9.81. The molecule has 3 rings (SSSR count). The number of carbonyl (C=O) groups is 1. The highest BCUT2D eigenvalue weighted by Crippen LogP contribution is 2.45. The van der Waals surface area contributed by atoms with E-state index in [2.05, 4.69) is 25.7 Å². The van der Waals surface area contributed by atoms with Crippen LogP contribution in [0.3, 0.4) is 0 Å². The number of halogens is 1. The Kier molecular flexibility index (Phi) is 3.47. The number of fused-ring (bicyclic) bond motifs is 1. The molecule has 1 aromatic heterocycles. The predicted octanol–water partition coefficient (Wildman–Crippen LogP) is 3.38. The summed E-state index contributed by atoms with van der Waals surface area (Å²) in [7, 11) is 1.31. The molecule has 104 valence electrons. The van der Waals surface area contributed by atoms with E-state index >= 15 is 0 Å². The highest BCUT2D eigenvalue weighted by molar-refractivity contribution is 9.10. The first-order valence-electron chi connectivity index (χ1n) is 5.89. The lowest BCUT2D eigenvalue weighted by atomic mass is 10.3. The Morgan fingerprint density at radius 1 is 1.60 bits per heavy atom. The second kappa shape index (κ2) is 5.14. The third-order valence-electron chi connectivity index (χ3n) is 3.10. The topological polar surface area (TPSA) is 64.3 Å². The van der Waals surface area contributed by atoms with E-state index in [0.717, 1.165) is 15.5 Å². The summed E-state index contributed by atoms with van der Waals surface area (Å²) in [6, 6.07) is 5.82. The summed E-state index contributed by atoms with van der Waals surface area (Å²) in [6.45, 7) is 0. The van der Waals surface area contributed by atoms with Crippen LogP contribution >= 0.6 is 27.7 Å². The Morgan fingerprint density at radius 2 is 2.40 bits per heavy atom. The molecule has 0 fully saturated rings. The fraction of sp³-hybridized carbons (Fsp3) is 0.231. The first-order valence-corrected chi connectivity index (χ1v) is 7.56. The van der Waals surface area contributed by atoms with E-state index in [4.69, 9.17) is 0 Å². The molecule has 1 N–H and O–H groups in total. The van der Waals surface area contributed by atoms with Crippen LogP contribution in [0.4, 0.5) is 0 Å². The zero-order valence-corrected chi connectivity index (χ0v) is 12.9. The van der Waals surface area contributed by atoms with Crippen molar-refractivity contribution in [3.63, 3.8) is 0 Å². The summed E-state index contributed by atoms with van der Waals surface area (Å²) >= 11 is 4.73. The van der Waals surface area contributed by atoms with E-state index in [9.17, 15) is 9.90 Å². The molecule has 0 saturated carbocycles. The van der Waals surface area contributed by atoms with Crippen LogP contribution < -0.4 is 0 Å². The van der Waals surface area contributed by atoms with Gasteiger partial charge in [-0.25, -0.2) is 9.78 Å². The van der Waals surface area contributed by atoms with Crippen LogP contribution in [0.1, 0.15) is 11.8 Å². The van der Waals surface area contributed by atoms with Crippen molar-refractivity contribution >= 4 is 44.7 Å². The molecule has 0 radical (unpaired) electrons. The van der Waals surface area contributed by atoms with Crippen LogP contribution in [0, 0.1) is 0 Å². The van der Waals surface area contributed by atoms with Gasteiger partial charge in [0.2, 0.25) is 0 Å². The Balaban J connectivity index is 1.95. The maximum atomic E-state index is 11.6. The molecule has 0 saturated heterocycles. The lowest BCUT2D eigenvalue weighted by Crippen LogP contribution is -2.03. The van der Waals surface area contributed by atoms with Gasteiger partial charge in [-0.05, 0) is 18.2 Å². The maximum Gasteiger partial charge on any atom is 0.347 e. The molecule has 2 aromatic rings. The number of carbonyl (C=O) groups excluding carboxylic acids is 1. The van der Waals surface area contributed by atoms with E-state index in [1.807, 2.05) is 22.8 Å². The predicted molar refractivity (Wildman–Crippen MR) is 80.3 cm³/mol. The van der Waals surface area contributed by atoms with Crippen molar-refractivity contribution in [3.8, 4) is 0 Å². The fourth-order valence-electron chi connectivity index (χ4n) is 2.15. The van der Waals surface area contributed by atoms with Crippen molar-refractivity contribution in [2.45, 2.75) is 11.8 Å². The molecule has 0 amide bonds. The Hall–Kier alpha value is -1.47. The minimum absolute atomic E-state index is 0.0729. The number of aliphatic hydroxyl groups excluding tert-OH is 1. The highest BCUT2D eigenvalue weighted by atomic mass is 79.9. The number of hydrogen-bond donors (Lipinski definition) is 1. The van der Waals surface area contributed by atoms with E-state index in [0.29, 0.717) is 6.42 Å². The minimum atomic E-state index is -0.499. The minimum Gasteiger partial charge on any atom is -0.511 e. The van der Waals surface area contributed by atoms with Crippen molar-refractivity contribution in [1.82, 2.24) is 9.55 Å². The molecule has 5 nitrogen and oxygen atoms in total. The number of hydrogen-bond acceptors (Lipinski definition) is 5. The number of rotatable bonds is 2. The number of nitrogens with zero attached hydrogens (tertiary/aromatic N) is 2. The second-order valence-electron chi connectivity index (χ2n) is 4.33. The summed E-state index contributed by atoms with van der Waals surface area (Å²) in [4.78, 5) is 16.2. The molecule has 1 atom stereocenters. The van der Waals surface area contributed by atoms with Gasteiger partial charge in [0.25, 0.3) is 0 Å². The van der Waals surface area contributed by atoms with Crippen LogP contribution in [0.15, 0.2) is 39.7 Å². The van der Waals surface area contributed by atoms with Gasteiger partial charge >= 0.3 is 5.97 Å². The fourth-order valence-corrected chi connectivity index (χ4v) is 3.69. The number of aromatic nitrogens is 2. The SMILES string of the molecule is COC(=O)C1=C(O)CC(n2cnc3ccc(Br)cc32)S1. The molecule has 1 aliphatic rings. The number of ether oxygens (including phenoxy) is 1. The van der Waals surface area contributed by atoms with Gasteiger partial charge in [-0.15, -0.1) is 0 Å². The lowest BCUT2D eigenvalue weighted by molar-refractivity contribution is -0.135. The molecule has 0 spiro atoms. The summed E-state index contributed by atoms with van der Waals surface area (Å²) < 4.78 is 7.58. The zero-order valence-electron chi connectivity index (χ0n) is 10.5. The first kappa shape index (κ1) is 13.5. The van der Waals surface area contributed by atoms with Gasteiger partial charge < -0.3 is 14.4 Å². The molecule has 0 bridgehead atoms. The zero-order chi connectivity index (χ0) is 14.3. The standard InChI is InChI=1S/C13H11BrN2O3S/c1-19-13(18)12-10(17)5-11(20-12)16-6-15-8-3-2-7(14)4-9(8)16/h2-4,6,11,17H,5H2,1H3. The van der Waals surface area contributed by atoms with Crippen LogP contribution in [-0.4, -0.2) is 27.7 Å².